The van der Waals surface area contributed by atoms with Crippen LogP contribution in [-0.2, 0) is 6.18 Å². The molecule has 4 N–H and O–H groups in total. The van der Waals surface area contributed by atoms with E-state index in [4.69, 9.17) is 27.5 Å². The average Bonchev–Trinajstić information content (AvgIpc) is 2.54. The monoisotopic (exact) mass is 390 g/mol. The molecular formula is C15H10ClF3N2O5. The van der Waals surface area contributed by atoms with E-state index in [1.165, 1.54) is 18.2 Å². The summed E-state index contributed by atoms with van der Waals surface area (Å²) >= 11 is 5.36. The number of carboxylic acids is 2. The predicted molar refractivity (Wildman–Crippen MR) is 83.1 cm³/mol. The number of alkyl halides is 3. The molecule has 0 aliphatic carbocycles. The Bertz CT molecular complexity index is 826. The first-order valence-corrected chi connectivity index (χ1v) is 6.90. The summed E-state index contributed by atoms with van der Waals surface area (Å²) in [5.74, 6) is -3.30. The molecule has 1 aromatic heterocycles. The largest absolute Gasteiger partial charge is 0.478 e. The van der Waals surface area contributed by atoms with Crippen LogP contribution < -0.4 is 5.73 Å². The van der Waals surface area contributed by atoms with E-state index >= 15 is 0 Å². The lowest BCUT2D eigenvalue weighted by molar-refractivity contribution is -0.137. The van der Waals surface area contributed by atoms with E-state index in [-0.39, 0.29) is 16.3 Å². The molecule has 0 spiro atoms. The minimum atomic E-state index is -4.57. The van der Waals surface area contributed by atoms with Crippen molar-refractivity contribution in [3.05, 3.63) is 63.9 Å². The fourth-order valence-electron chi connectivity index (χ4n) is 1.56. The van der Waals surface area contributed by atoms with Crippen LogP contribution in [0.1, 0.15) is 36.6 Å². The van der Waals surface area contributed by atoms with E-state index in [1.807, 2.05) is 0 Å². The van der Waals surface area contributed by atoms with Gasteiger partial charge in [-0.2, -0.15) is 13.2 Å². The standard InChI is InChI=1S/C8H6O4.C7H4ClF3N2O/c9-7(10)5-2-1-3-6(4-5)8(11)12;8-5-4(6(12)14)1-3(2-13-5)7(9,10)11/h1-4H,(H,9,10)(H,11,12);1-2H,(H2,12,14). The van der Waals surface area contributed by atoms with Gasteiger partial charge in [0.1, 0.15) is 5.15 Å². The van der Waals surface area contributed by atoms with Crippen molar-refractivity contribution in [3.8, 4) is 0 Å². The second-order valence-corrected chi connectivity index (χ2v) is 4.97. The maximum Gasteiger partial charge on any atom is 0.417 e. The van der Waals surface area contributed by atoms with Crippen LogP contribution in [0.4, 0.5) is 13.2 Å². The van der Waals surface area contributed by atoms with Gasteiger partial charge < -0.3 is 15.9 Å². The van der Waals surface area contributed by atoms with Crippen molar-refractivity contribution in [1.82, 2.24) is 4.98 Å². The zero-order valence-electron chi connectivity index (χ0n) is 12.6. The summed E-state index contributed by atoms with van der Waals surface area (Å²) in [6.07, 6.45) is -4.03. The van der Waals surface area contributed by atoms with Crippen LogP contribution in [0.15, 0.2) is 36.5 Å². The molecule has 138 valence electrons. The minimum Gasteiger partial charge on any atom is -0.478 e. The third-order valence-electron chi connectivity index (χ3n) is 2.79. The molecular weight excluding hydrogens is 381 g/mol. The molecule has 7 nitrogen and oxygen atoms in total. The van der Waals surface area contributed by atoms with Crippen molar-refractivity contribution in [3.63, 3.8) is 0 Å². The van der Waals surface area contributed by atoms with E-state index in [0.717, 1.165) is 6.07 Å². The smallest absolute Gasteiger partial charge is 0.417 e. The van der Waals surface area contributed by atoms with E-state index < -0.39 is 35.1 Å². The van der Waals surface area contributed by atoms with Crippen LogP contribution >= 0.6 is 11.6 Å². The van der Waals surface area contributed by atoms with Gasteiger partial charge in [-0.1, -0.05) is 17.7 Å². The van der Waals surface area contributed by atoms with Gasteiger partial charge >= 0.3 is 18.1 Å². The molecule has 1 aromatic carbocycles. The fourth-order valence-corrected chi connectivity index (χ4v) is 1.76. The number of benzene rings is 1. The van der Waals surface area contributed by atoms with E-state index in [1.54, 1.807) is 0 Å². The van der Waals surface area contributed by atoms with Gasteiger partial charge in [0, 0.05) is 6.20 Å². The molecule has 0 saturated carbocycles. The average molecular weight is 391 g/mol. The number of nitrogens with two attached hydrogens (primary N) is 1. The number of amides is 1. The topological polar surface area (TPSA) is 131 Å². The Hall–Kier alpha value is -3.14. The third-order valence-corrected chi connectivity index (χ3v) is 3.09. The van der Waals surface area contributed by atoms with Crippen molar-refractivity contribution in [2.45, 2.75) is 6.18 Å². The van der Waals surface area contributed by atoms with Crippen molar-refractivity contribution in [2.75, 3.05) is 0 Å². The minimum absolute atomic E-state index is 0.0186. The molecule has 0 unspecified atom stereocenters. The summed E-state index contributed by atoms with van der Waals surface area (Å²) in [4.78, 5) is 34.6. The SMILES string of the molecule is NC(=O)c1cc(C(F)(F)F)cnc1Cl.O=C(O)c1cccc(C(=O)O)c1. The van der Waals surface area contributed by atoms with Crippen molar-refractivity contribution in [1.29, 1.82) is 0 Å². The lowest BCUT2D eigenvalue weighted by atomic mass is 10.1. The van der Waals surface area contributed by atoms with Gasteiger partial charge in [0.2, 0.25) is 0 Å². The number of carbonyl (C=O) groups excluding carboxylic acids is 1. The van der Waals surface area contributed by atoms with Crippen LogP contribution in [0.5, 0.6) is 0 Å². The number of primary amides is 1. The molecule has 1 amide bonds. The molecule has 11 heteroatoms. The van der Waals surface area contributed by atoms with Crippen LogP contribution in [-0.4, -0.2) is 33.0 Å². The molecule has 0 fully saturated rings. The molecule has 2 rings (SSSR count). The Morgan fingerprint density at radius 1 is 1.04 bits per heavy atom. The van der Waals surface area contributed by atoms with Gasteiger partial charge in [-0.15, -0.1) is 0 Å². The maximum atomic E-state index is 12.1. The lowest BCUT2D eigenvalue weighted by Gasteiger charge is -2.07. The highest BCUT2D eigenvalue weighted by atomic mass is 35.5. The zero-order valence-corrected chi connectivity index (χ0v) is 13.4. The van der Waals surface area contributed by atoms with E-state index in [2.05, 4.69) is 4.98 Å². The first kappa shape index (κ1) is 20.9. The summed E-state index contributed by atoms with van der Waals surface area (Å²) in [5.41, 5.74) is 3.26. The van der Waals surface area contributed by atoms with Crippen LogP contribution in [0.3, 0.4) is 0 Å². The van der Waals surface area contributed by atoms with Gasteiger partial charge in [0.05, 0.1) is 22.3 Å². The molecule has 0 aliphatic rings. The summed E-state index contributed by atoms with van der Waals surface area (Å²) in [7, 11) is 0. The molecule has 2 aromatic rings. The number of hydrogen-bond donors (Lipinski definition) is 3. The normalized spacial score (nSPS) is 10.5. The number of aromatic nitrogens is 1. The quantitative estimate of drug-likeness (QED) is 0.690. The predicted octanol–water partition coefficient (Wildman–Crippen LogP) is 2.94. The first-order chi connectivity index (χ1) is 11.9. The Balaban J connectivity index is 0.000000263. The highest BCUT2D eigenvalue weighted by Gasteiger charge is 2.32. The van der Waals surface area contributed by atoms with Crippen LogP contribution in [0.2, 0.25) is 5.15 Å². The molecule has 0 radical (unpaired) electrons. The van der Waals surface area contributed by atoms with Crippen LogP contribution in [0.25, 0.3) is 0 Å². The van der Waals surface area contributed by atoms with Gasteiger partial charge in [-0.25, -0.2) is 14.6 Å². The van der Waals surface area contributed by atoms with E-state index in [0.29, 0.717) is 12.3 Å². The van der Waals surface area contributed by atoms with Crippen molar-refractivity contribution >= 4 is 29.4 Å². The van der Waals surface area contributed by atoms with Gasteiger partial charge in [-0.3, -0.25) is 4.79 Å². The molecule has 0 saturated heterocycles. The van der Waals surface area contributed by atoms with Crippen LogP contribution in [0, 0.1) is 0 Å². The number of hydrogen-bond acceptors (Lipinski definition) is 4. The van der Waals surface area contributed by atoms with Gasteiger partial charge in [-0.05, 0) is 24.3 Å². The zero-order chi connectivity index (χ0) is 20.1. The first-order valence-electron chi connectivity index (χ1n) is 6.52. The van der Waals surface area contributed by atoms with Gasteiger partial charge in [0.25, 0.3) is 5.91 Å². The Morgan fingerprint density at radius 3 is 1.92 bits per heavy atom. The lowest BCUT2D eigenvalue weighted by Crippen LogP contribution is -2.15. The molecule has 0 aliphatic heterocycles. The highest BCUT2D eigenvalue weighted by molar-refractivity contribution is 6.32. The van der Waals surface area contributed by atoms with Crippen molar-refractivity contribution in [2.24, 2.45) is 5.73 Å². The second-order valence-electron chi connectivity index (χ2n) is 4.62. The molecule has 1 heterocycles. The van der Waals surface area contributed by atoms with Crippen molar-refractivity contribution < 1.29 is 37.8 Å². The second kappa shape index (κ2) is 8.30. The number of aromatic carboxylic acids is 2. The van der Waals surface area contributed by atoms with E-state index in [9.17, 15) is 27.6 Å². The number of carbonyl (C=O) groups is 3. The number of carboxylic acid groups (broad SMARTS) is 2. The molecule has 26 heavy (non-hydrogen) atoms. The molecule has 0 atom stereocenters. The van der Waals surface area contributed by atoms with Gasteiger partial charge in [0.15, 0.2) is 0 Å². The highest BCUT2D eigenvalue weighted by Crippen LogP contribution is 2.30. The molecule has 0 bridgehead atoms. The Labute approximate surface area is 148 Å². The summed E-state index contributed by atoms with van der Waals surface area (Å²) < 4.78 is 36.4. The number of rotatable bonds is 3. The summed E-state index contributed by atoms with van der Waals surface area (Å²) in [6, 6.07) is 5.76. The fraction of sp³-hybridized carbons (Fsp3) is 0.0667. The Morgan fingerprint density at radius 2 is 1.54 bits per heavy atom. The number of nitrogens with zero attached hydrogens (tertiary/aromatic N) is 1. The summed E-state index contributed by atoms with van der Waals surface area (Å²) in [6.45, 7) is 0. The third kappa shape index (κ3) is 5.74. The Kier molecular flexibility index (Phi) is 6.67. The maximum absolute atomic E-state index is 12.1. The number of pyridine rings is 1. The number of halogens is 4. The summed E-state index contributed by atoms with van der Waals surface area (Å²) in [5, 5.41) is 16.7.